The zero-order valence-electron chi connectivity index (χ0n) is 9.36. The van der Waals surface area contributed by atoms with E-state index in [0.717, 1.165) is 6.20 Å². The molecule has 0 atom stereocenters. The molecule has 20 heavy (non-hydrogen) atoms. The average Bonchev–Trinajstić information content (AvgIpc) is 2.24. The Labute approximate surface area is 125 Å². The Morgan fingerprint density at radius 1 is 1.20 bits per heavy atom. The first-order valence-electron chi connectivity index (χ1n) is 4.71. The van der Waals surface area contributed by atoms with Crippen LogP contribution in [0.5, 0.6) is 0 Å². The lowest BCUT2D eigenvalue weighted by molar-refractivity contribution is -0.140. The highest BCUT2D eigenvalue weighted by atomic mass is 79.9. The normalized spacial score (nSPS) is 13.4. The van der Waals surface area contributed by atoms with Crippen LogP contribution in [0.15, 0.2) is 21.8 Å². The van der Waals surface area contributed by atoms with E-state index in [4.69, 9.17) is 10.7 Å². The molecule has 0 aliphatic heterocycles. The molecule has 1 aromatic heterocycles. The van der Waals surface area contributed by atoms with Crippen molar-refractivity contribution in [2.45, 2.75) is 11.2 Å². The summed E-state index contributed by atoms with van der Waals surface area (Å²) in [7, 11) is -3.85. The predicted octanol–water partition coefficient (Wildman–Crippen LogP) is 2.21. The highest BCUT2D eigenvalue weighted by molar-refractivity contribution is 9.10. The van der Waals surface area contributed by atoms with Gasteiger partial charge in [-0.25, -0.2) is 21.8 Å². The summed E-state index contributed by atoms with van der Waals surface area (Å²) in [5, 5.41) is -1.23. The molecule has 0 unspecified atom stereocenters. The van der Waals surface area contributed by atoms with Crippen molar-refractivity contribution in [3.8, 4) is 0 Å². The van der Waals surface area contributed by atoms with E-state index in [1.165, 1.54) is 0 Å². The molecular weight excluding hydrogens is 411 g/mol. The average molecular weight is 417 g/mol. The van der Waals surface area contributed by atoms with Crippen LogP contribution >= 0.6 is 26.6 Å². The van der Waals surface area contributed by atoms with E-state index >= 15 is 0 Å². The standard InChI is InChI=1S/C8H6BrClF3NO4S2/c9-5-3-6(8(11,12)13)7(14-4-5)19(15,16)1-2-20(10,17)18/h3-4H,1-2H2. The van der Waals surface area contributed by atoms with Crippen molar-refractivity contribution in [2.24, 2.45) is 0 Å². The summed E-state index contributed by atoms with van der Waals surface area (Å²) in [5.74, 6) is -2.09. The molecule has 12 heteroatoms. The van der Waals surface area contributed by atoms with Gasteiger partial charge in [0.05, 0.1) is 17.1 Å². The van der Waals surface area contributed by atoms with Crippen molar-refractivity contribution in [1.82, 2.24) is 4.98 Å². The maximum atomic E-state index is 12.8. The van der Waals surface area contributed by atoms with E-state index in [0.29, 0.717) is 6.07 Å². The Morgan fingerprint density at radius 2 is 1.75 bits per heavy atom. The summed E-state index contributed by atoms with van der Waals surface area (Å²) in [6.45, 7) is 0. The quantitative estimate of drug-likeness (QED) is 0.703. The van der Waals surface area contributed by atoms with E-state index in [-0.39, 0.29) is 4.47 Å². The van der Waals surface area contributed by atoms with Crippen LogP contribution in [0.25, 0.3) is 0 Å². The molecule has 5 nitrogen and oxygen atoms in total. The highest BCUT2D eigenvalue weighted by Gasteiger charge is 2.38. The van der Waals surface area contributed by atoms with Crippen molar-refractivity contribution < 1.29 is 30.0 Å². The predicted molar refractivity (Wildman–Crippen MR) is 68.6 cm³/mol. The first-order chi connectivity index (χ1) is 8.83. The second-order valence-electron chi connectivity index (χ2n) is 3.57. The topological polar surface area (TPSA) is 81.2 Å². The van der Waals surface area contributed by atoms with Gasteiger partial charge in [-0.3, -0.25) is 0 Å². The Bertz CT molecular complexity index is 718. The molecule has 0 aromatic carbocycles. The van der Waals surface area contributed by atoms with E-state index in [9.17, 15) is 30.0 Å². The minimum absolute atomic E-state index is 0.0614. The number of halogens is 5. The molecule has 0 bridgehead atoms. The van der Waals surface area contributed by atoms with Crippen LogP contribution in [0.4, 0.5) is 13.2 Å². The van der Waals surface area contributed by atoms with E-state index in [1.807, 2.05) is 0 Å². The van der Waals surface area contributed by atoms with Crippen molar-refractivity contribution in [1.29, 1.82) is 0 Å². The van der Waals surface area contributed by atoms with Gasteiger partial charge in [0.25, 0.3) is 0 Å². The van der Waals surface area contributed by atoms with Crippen molar-refractivity contribution >= 4 is 45.5 Å². The summed E-state index contributed by atoms with van der Waals surface area (Å²) in [5.41, 5.74) is -1.47. The Morgan fingerprint density at radius 3 is 2.20 bits per heavy atom. The van der Waals surface area contributed by atoms with Crippen LogP contribution in [-0.4, -0.2) is 33.3 Å². The number of alkyl halides is 3. The molecule has 1 aromatic rings. The van der Waals surface area contributed by atoms with Crippen LogP contribution in [0.3, 0.4) is 0 Å². The number of rotatable bonds is 4. The first kappa shape index (κ1) is 17.7. The molecule has 0 saturated heterocycles. The summed E-state index contributed by atoms with van der Waals surface area (Å²) >= 11 is 2.75. The van der Waals surface area contributed by atoms with Gasteiger partial charge in [-0.05, 0) is 22.0 Å². The Hall–Kier alpha value is -0.390. The van der Waals surface area contributed by atoms with Crippen LogP contribution < -0.4 is 0 Å². The largest absolute Gasteiger partial charge is 0.419 e. The van der Waals surface area contributed by atoms with Gasteiger partial charge in [-0.15, -0.1) is 0 Å². The highest BCUT2D eigenvalue weighted by Crippen LogP contribution is 2.35. The molecule has 0 radical (unpaired) electrons. The van der Waals surface area contributed by atoms with E-state index < -0.39 is 47.2 Å². The zero-order chi connectivity index (χ0) is 15.8. The fourth-order valence-corrected chi connectivity index (χ4v) is 4.67. The maximum Gasteiger partial charge on any atom is 0.419 e. The number of sulfone groups is 1. The molecule has 0 amide bonds. The molecule has 0 spiro atoms. The maximum absolute atomic E-state index is 12.8. The summed E-state index contributed by atoms with van der Waals surface area (Å²) in [4.78, 5) is 3.22. The minimum Gasteiger partial charge on any atom is -0.243 e. The lowest BCUT2D eigenvalue weighted by Gasteiger charge is -2.12. The van der Waals surface area contributed by atoms with Gasteiger partial charge in [-0.2, -0.15) is 13.2 Å². The lowest BCUT2D eigenvalue weighted by Crippen LogP contribution is -2.20. The van der Waals surface area contributed by atoms with Crippen LogP contribution in [0, 0.1) is 0 Å². The first-order valence-corrected chi connectivity index (χ1v) is 9.63. The van der Waals surface area contributed by atoms with Crippen LogP contribution in [0.1, 0.15) is 5.56 Å². The molecule has 0 aliphatic carbocycles. The molecule has 0 N–H and O–H groups in total. The lowest BCUT2D eigenvalue weighted by atomic mass is 10.3. The Kier molecular flexibility index (Phi) is 5.10. The third-order valence-electron chi connectivity index (χ3n) is 2.01. The third-order valence-corrected chi connectivity index (χ3v) is 5.52. The fourth-order valence-electron chi connectivity index (χ4n) is 1.18. The van der Waals surface area contributed by atoms with E-state index in [2.05, 4.69) is 20.9 Å². The van der Waals surface area contributed by atoms with Crippen molar-refractivity contribution in [3.05, 3.63) is 22.3 Å². The second-order valence-corrected chi connectivity index (χ2v) is 9.40. The van der Waals surface area contributed by atoms with E-state index in [1.54, 1.807) is 0 Å². The Balaban J connectivity index is 3.32. The summed E-state index contributed by atoms with van der Waals surface area (Å²) in [6.07, 6.45) is -4.07. The molecule has 1 heterocycles. The van der Waals surface area contributed by atoms with Gasteiger partial charge in [0.2, 0.25) is 9.05 Å². The molecule has 0 saturated carbocycles. The molecule has 114 valence electrons. The number of aromatic nitrogens is 1. The van der Waals surface area contributed by atoms with Crippen molar-refractivity contribution in [2.75, 3.05) is 11.5 Å². The zero-order valence-corrected chi connectivity index (χ0v) is 13.3. The van der Waals surface area contributed by atoms with Gasteiger partial charge in [-0.1, -0.05) is 0 Å². The van der Waals surface area contributed by atoms with Crippen LogP contribution in [0.2, 0.25) is 0 Å². The summed E-state index contributed by atoms with van der Waals surface area (Å²) < 4.78 is 83.1. The second kappa shape index (κ2) is 5.78. The van der Waals surface area contributed by atoms with Gasteiger partial charge in [0, 0.05) is 21.4 Å². The summed E-state index contributed by atoms with van der Waals surface area (Å²) in [6, 6.07) is 0.551. The van der Waals surface area contributed by atoms with Crippen molar-refractivity contribution in [3.63, 3.8) is 0 Å². The van der Waals surface area contributed by atoms with Gasteiger partial charge in [0.15, 0.2) is 14.9 Å². The van der Waals surface area contributed by atoms with Gasteiger partial charge < -0.3 is 0 Å². The number of hydrogen-bond acceptors (Lipinski definition) is 5. The number of nitrogens with zero attached hydrogens (tertiary/aromatic N) is 1. The van der Waals surface area contributed by atoms with Gasteiger partial charge >= 0.3 is 6.18 Å². The molecule has 0 aliphatic rings. The fraction of sp³-hybridized carbons (Fsp3) is 0.375. The monoisotopic (exact) mass is 415 g/mol. The van der Waals surface area contributed by atoms with Crippen LogP contribution in [-0.2, 0) is 25.1 Å². The molecular formula is C8H6BrClF3NO4S2. The SMILES string of the molecule is O=S(=O)(Cl)CCS(=O)(=O)c1ncc(Br)cc1C(F)(F)F. The molecule has 1 rings (SSSR count). The minimum atomic E-state index is -4.95. The third kappa shape index (κ3) is 4.86. The number of pyridine rings is 1. The van der Waals surface area contributed by atoms with Gasteiger partial charge in [0.1, 0.15) is 0 Å². The molecule has 0 fully saturated rings. The smallest absolute Gasteiger partial charge is 0.243 e. The number of hydrogen-bond donors (Lipinski definition) is 0.